The third-order valence-corrected chi connectivity index (χ3v) is 7.31. The molecule has 0 unspecified atom stereocenters. The van der Waals surface area contributed by atoms with Crippen molar-refractivity contribution in [3.8, 4) is 11.5 Å². The Hall–Kier alpha value is -4.22. The average Bonchev–Trinajstić information content (AvgIpc) is 2.91. The minimum Gasteiger partial charge on any atom is -0.497 e. The summed E-state index contributed by atoms with van der Waals surface area (Å²) in [5, 5.41) is 6.57. The number of benzene rings is 3. The number of carbonyl (C=O) groups excluding carboxylic acids is 2. The molecule has 0 aliphatic carbocycles. The van der Waals surface area contributed by atoms with E-state index in [1.54, 1.807) is 18.2 Å². The summed E-state index contributed by atoms with van der Waals surface area (Å²) in [4.78, 5) is 24.0. The standard InChI is InChI=1S/C27H30N4O6S/c1-20(32)29-23-9-12-25(13-10-23)38(34,35)31(16-15-21-7-5-4-6-8-21)19-27(33)30-28-18-22-17-24(36-2)11-14-26(22)37-3/h4-14,17-18H,15-16,19H2,1-3H3,(H,29,32)(H,30,33)/b28-18-. The molecule has 0 aromatic heterocycles. The maximum Gasteiger partial charge on any atom is 0.255 e. The summed E-state index contributed by atoms with van der Waals surface area (Å²) in [6.45, 7) is 0.983. The fourth-order valence-electron chi connectivity index (χ4n) is 3.55. The molecule has 0 fully saturated rings. The summed E-state index contributed by atoms with van der Waals surface area (Å²) in [5.41, 5.74) is 4.35. The highest BCUT2D eigenvalue weighted by Gasteiger charge is 2.26. The second kappa shape index (κ2) is 13.4. The first-order valence-corrected chi connectivity index (χ1v) is 13.1. The quantitative estimate of drug-likeness (QED) is 0.270. The van der Waals surface area contributed by atoms with Crippen LogP contribution in [0.2, 0.25) is 0 Å². The van der Waals surface area contributed by atoms with Crippen LogP contribution in [0.3, 0.4) is 0 Å². The largest absolute Gasteiger partial charge is 0.497 e. The highest BCUT2D eigenvalue weighted by Crippen LogP contribution is 2.22. The highest BCUT2D eigenvalue weighted by molar-refractivity contribution is 7.89. The molecule has 3 aromatic carbocycles. The number of hydrogen-bond acceptors (Lipinski definition) is 7. The molecule has 10 nitrogen and oxygen atoms in total. The van der Waals surface area contributed by atoms with Gasteiger partial charge in [0.15, 0.2) is 0 Å². The van der Waals surface area contributed by atoms with Gasteiger partial charge in [0.1, 0.15) is 11.5 Å². The number of carbonyl (C=O) groups is 2. The van der Waals surface area contributed by atoms with Crippen LogP contribution in [0.15, 0.2) is 82.8 Å². The van der Waals surface area contributed by atoms with Crippen molar-refractivity contribution >= 4 is 33.7 Å². The van der Waals surface area contributed by atoms with Gasteiger partial charge < -0.3 is 14.8 Å². The first-order valence-electron chi connectivity index (χ1n) is 11.7. The van der Waals surface area contributed by atoms with Crippen LogP contribution < -0.4 is 20.2 Å². The van der Waals surface area contributed by atoms with E-state index in [1.165, 1.54) is 51.6 Å². The molecule has 0 atom stereocenters. The summed E-state index contributed by atoms with van der Waals surface area (Å²) in [5.74, 6) is 0.225. The summed E-state index contributed by atoms with van der Waals surface area (Å²) in [6.07, 6.45) is 1.80. The van der Waals surface area contributed by atoms with Crippen molar-refractivity contribution in [3.05, 3.63) is 83.9 Å². The molecule has 0 bridgehead atoms. The lowest BCUT2D eigenvalue weighted by atomic mass is 10.1. The van der Waals surface area contributed by atoms with Crippen LogP contribution in [0.1, 0.15) is 18.1 Å². The molecule has 2 amide bonds. The first kappa shape index (κ1) is 28.4. The number of sulfonamides is 1. The minimum atomic E-state index is -4.04. The highest BCUT2D eigenvalue weighted by atomic mass is 32.2. The van der Waals surface area contributed by atoms with Gasteiger partial charge in [0.2, 0.25) is 15.9 Å². The number of hydrazone groups is 1. The van der Waals surface area contributed by atoms with E-state index in [4.69, 9.17) is 9.47 Å². The molecule has 0 heterocycles. The van der Waals surface area contributed by atoms with E-state index in [-0.39, 0.29) is 17.3 Å². The van der Waals surface area contributed by atoms with Gasteiger partial charge in [0.25, 0.3) is 5.91 Å². The average molecular weight is 539 g/mol. The Morgan fingerprint density at radius 2 is 1.68 bits per heavy atom. The SMILES string of the molecule is COc1ccc(OC)c(/C=N\NC(=O)CN(CCc2ccccc2)S(=O)(=O)c2ccc(NC(C)=O)cc2)c1. The van der Waals surface area contributed by atoms with Crippen molar-refractivity contribution in [1.82, 2.24) is 9.73 Å². The van der Waals surface area contributed by atoms with Crippen LogP contribution in [-0.2, 0) is 26.0 Å². The van der Waals surface area contributed by atoms with Gasteiger partial charge in [-0.1, -0.05) is 30.3 Å². The van der Waals surface area contributed by atoms with E-state index < -0.39 is 22.5 Å². The van der Waals surface area contributed by atoms with Crippen LogP contribution in [0.5, 0.6) is 11.5 Å². The van der Waals surface area contributed by atoms with Crippen molar-refractivity contribution in [2.45, 2.75) is 18.2 Å². The maximum absolute atomic E-state index is 13.5. The van der Waals surface area contributed by atoms with Gasteiger partial charge in [0, 0.05) is 24.7 Å². The Labute approximate surface area is 222 Å². The predicted octanol–water partition coefficient (Wildman–Crippen LogP) is 3.05. The molecule has 0 saturated heterocycles. The number of anilines is 1. The van der Waals surface area contributed by atoms with Crippen LogP contribution in [-0.4, -0.2) is 58.1 Å². The van der Waals surface area contributed by atoms with Crippen LogP contribution in [0.4, 0.5) is 5.69 Å². The lowest BCUT2D eigenvalue weighted by molar-refractivity contribution is -0.121. The molecule has 0 saturated carbocycles. The summed E-state index contributed by atoms with van der Waals surface area (Å²) >= 11 is 0. The molecule has 200 valence electrons. The molecule has 0 aliphatic rings. The molecule has 0 spiro atoms. The van der Waals surface area contributed by atoms with E-state index in [9.17, 15) is 18.0 Å². The number of nitrogens with one attached hydrogen (secondary N) is 2. The number of nitrogens with zero attached hydrogens (tertiary/aromatic N) is 2. The van der Waals surface area contributed by atoms with E-state index >= 15 is 0 Å². The summed E-state index contributed by atoms with van der Waals surface area (Å²) in [6, 6.07) is 20.3. The Morgan fingerprint density at radius 3 is 2.32 bits per heavy atom. The predicted molar refractivity (Wildman–Crippen MR) is 145 cm³/mol. The Bertz CT molecular complexity index is 1380. The Balaban J connectivity index is 1.77. The smallest absolute Gasteiger partial charge is 0.255 e. The van der Waals surface area contributed by atoms with E-state index in [1.807, 2.05) is 30.3 Å². The fourth-order valence-corrected chi connectivity index (χ4v) is 4.95. The van der Waals surface area contributed by atoms with Gasteiger partial charge in [-0.15, -0.1) is 0 Å². The van der Waals surface area contributed by atoms with Gasteiger partial charge >= 0.3 is 0 Å². The Morgan fingerprint density at radius 1 is 0.974 bits per heavy atom. The maximum atomic E-state index is 13.5. The summed E-state index contributed by atoms with van der Waals surface area (Å²) < 4.78 is 38.5. The number of amides is 2. The zero-order chi connectivity index (χ0) is 27.5. The van der Waals surface area contributed by atoms with Crippen LogP contribution in [0, 0.1) is 0 Å². The lowest BCUT2D eigenvalue weighted by Gasteiger charge is -2.21. The van der Waals surface area contributed by atoms with E-state index in [0.29, 0.717) is 29.2 Å². The molecule has 3 rings (SSSR count). The molecule has 0 aliphatic heterocycles. The van der Waals surface area contributed by atoms with Gasteiger partial charge in [-0.3, -0.25) is 9.59 Å². The third kappa shape index (κ3) is 7.89. The van der Waals surface area contributed by atoms with Gasteiger partial charge in [-0.25, -0.2) is 13.8 Å². The number of ether oxygens (including phenoxy) is 2. The summed E-state index contributed by atoms with van der Waals surface area (Å²) in [7, 11) is -0.997. The van der Waals surface area contributed by atoms with Gasteiger partial charge in [0.05, 0.1) is 31.9 Å². The first-order chi connectivity index (χ1) is 18.2. The van der Waals surface area contributed by atoms with E-state index in [0.717, 1.165) is 9.87 Å². The van der Waals surface area contributed by atoms with Crippen LogP contribution in [0.25, 0.3) is 0 Å². The molecule has 2 N–H and O–H groups in total. The molecule has 38 heavy (non-hydrogen) atoms. The molecule has 3 aromatic rings. The van der Waals surface area contributed by atoms with Crippen molar-refractivity contribution in [1.29, 1.82) is 0 Å². The third-order valence-electron chi connectivity index (χ3n) is 5.45. The zero-order valence-electron chi connectivity index (χ0n) is 21.4. The molecule has 0 radical (unpaired) electrons. The number of methoxy groups -OCH3 is 2. The number of rotatable bonds is 12. The van der Waals surface area contributed by atoms with E-state index in [2.05, 4.69) is 15.8 Å². The second-order valence-electron chi connectivity index (χ2n) is 8.18. The zero-order valence-corrected chi connectivity index (χ0v) is 22.2. The van der Waals surface area contributed by atoms with Crippen molar-refractivity contribution < 1.29 is 27.5 Å². The second-order valence-corrected chi connectivity index (χ2v) is 10.1. The lowest BCUT2D eigenvalue weighted by Crippen LogP contribution is -2.40. The monoisotopic (exact) mass is 538 g/mol. The topological polar surface area (TPSA) is 126 Å². The van der Waals surface area contributed by atoms with Crippen molar-refractivity contribution in [2.75, 3.05) is 32.6 Å². The fraction of sp³-hybridized carbons (Fsp3) is 0.222. The van der Waals surface area contributed by atoms with Crippen molar-refractivity contribution in [3.63, 3.8) is 0 Å². The molecular formula is C27H30N4O6S. The normalized spacial score (nSPS) is 11.4. The minimum absolute atomic E-state index is 0.00270. The van der Waals surface area contributed by atoms with Gasteiger partial charge in [-0.2, -0.15) is 9.41 Å². The number of hydrogen-bond donors (Lipinski definition) is 2. The Kier molecular flexibility index (Phi) is 9.97. The molecular weight excluding hydrogens is 508 g/mol. The van der Waals surface area contributed by atoms with Gasteiger partial charge in [-0.05, 0) is 54.4 Å². The van der Waals surface area contributed by atoms with Crippen molar-refractivity contribution in [2.24, 2.45) is 5.10 Å². The van der Waals surface area contributed by atoms with Crippen LogP contribution >= 0.6 is 0 Å². The molecule has 11 heteroatoms.